The largest absolute Gasteiger partial charge is 0.495 e. The number of ether oxygens (including phenoxy) is 2. The number of carbonyl (C=O) groups excluding carboxylic acids is 1. The number of amides is 1. The fraction of sp³-hybridized carbons (Fsp3) is 0.292. The molecule has 3 aromatic rings. The molecule has 1 fully saturated rings. The van der Waals surface area contributed by atoms with Crippen molar-refractivity contribution in [3.8, 4) is 17.4 Å². The third-order valence-electron chi connectivity index (χ3n) is 5.46. The van der Waals surface area contributed by atoms with E-state index in [1.165, 1.54) is 0 Å². The fourth-order valence-electron chi connectivity index (χ4n) is 3.75. The second kappa shape index (κ2) is 9.87. The SMILES string of the molecule is COc1ccc(NC(=O)[C@@H]2CCCN(c3nccnc3Oc3ccccc3C)C2)cc1Cl. The summed E-state index contributed by atoms with van der Waals surface area (Å²) in [5.41, 5.74) is 1.65. The minimum Gasteiger partial charge on any atom is -0.495 e. The molecule has 1 atom stereocenters. The van der Waals surface area contributed by atoms with Crippen molar-refractivity contribution in [2.24, 2.45) is 5.92 Å². The van der Waals surface area contributed by atoms with Crippen molar-refractivity contribution >= 4 is 29.0 Å². The van der Waals surface area contributed by atoms with E-state index in [4.69, 9.17) is 21.1 Å². The standard InChI is InChI=1S/C24H25ClN4O3/c1-16-6-3-4-8-20(16)32-24-22(26-11-12-27-24)29-13-5-7-17(15-29)23(30)28-18-9-10-21(31-2)19(25)14-18/h3-4,6,8-12,14,17H,5,7,13,15H2,1-2H3,(H,28,30)/t17-/m1/s1. The molecule has 1 aliphatic rings. The number of nitrogens with zero attached hydrogens (tertiary/aromatic N) is 3. The maximum absolute atomic E-state index is 13.0. The molecule has 166 valence electrons. The molecule has 2 aromatic carbocycles. The average molecular weight is 453 g/mol. The van der Waals surface area contributed by atoms with Crippen molar-refractivity contribution in [2.75, 3.05) is 30.4 Å². The van der Waals surface area contributed by atoms with Gasteiger partial charge in [0.1, 0.15) is 11.5 Å². The number of hydrogen-bond acceptors (Lipinski definition) is 6. The molecule has 0 aliphatic carbocycles. The van der Waals surface area contributed by atoms with Crippen LogP contribution in [0.5, 0.6) is 17.4 Å². The van der Waals surface area contributed by atoms with E-state index in [9.17, 15) is 4.79 Å². The summed E-state index contributed by atoms with van der Waals surface area (Å²) < 4.78 is 11.2. The number of aryl methyl sites for hydroxylation is 1. The van der Waals surface area contributed by atoms with E-state index >= 15 is 0 Å². The number of aromatic nitrogens is 2. The summed E-state index contributed by atoms with van der Waals surface area (Å²) in [7, 11) is 1.56. The van der Waals surface area contributed by atoms with Gasteiger partial charge in [-0.1, -0.05) is 29.8 Å². The number of halogens is 1. The van der Waals surface area contributed by atoms with Crippen molar-refractivity contribution < 1.29 is 14.3 Å². The monoisotopic (exact) mass is 452 g/mol. The molecular formula is C24H25ClN4O3. The first-order chi connectivity index (χ1) is 15.5. The summed E-state index contributed by atoms with van der Waals surface area (Å²) in [6.07, 6.45) is 4.91. The Labute approximate surface area is 192 Å². The van der Waals surface area contributed by atoms with Gasteiger partial charge in [0.25, 0.3) is 5.88 Å². The van der Waals surface area contributed by atoms with Gasteiger partial charge in [0.2, 0.25) is 5.91 Å². The van der Waals surface area contributed by atoms with Crippen molar-refractivity contribution in [1.82, 2.24) is 9.97 Å². The molecular weight excluding hydrogens is 428 g/mol. The summed E-state index contributed by atoms with van der Waals surface area (Å²) in [6.45, 7) is 3.29. The fourth-order valence-corrected chi connectivity index (χ4v) is 4.01. The Balaban J connectivity index is 1.48. The zero-order valence-electron chi connectivity index (χ0n) is 18.0. The summed E-state index contributed by atoms with van der Waals surface area (Å²) in [5, 5.41) is 3.42. The number of rotatable bonds is 6. The number of para-hydroxylation sites is 1. The normalized spacial score (nSPS) is 15.8. The third kappa shape index (κ3) is 4.94. The molecule has 0 saturated carbocycles. The first-order valence-electron chi connectivity index (χ1n) is 10.5. The third-order valence-corrected chi connectivity index (χ3v) is 5.75. The maximum atomic E-state index is 13.0. The Bertz CT molecular complexity index is 1110. The number of nitrogens with one attached hydrogen (secondary N) is 1. The van der Waals surface area contributed by atoms with Crippen LogP contribution in [0.15, 0.2) is 54.9 Å². The summed E-state index contributed by atoms with van der Waals surface area (Å²) in [4.78, 5) is 23.9. The zero-order valence-corrected chi connectivity index (χ0v) is 18.8. The van der Waals surface area contributed by atoms with Gasteiger partial charge in [-0.15, -0.1) is 0 Å². The number of anilines is 2. The van der Waals surface area contributed by atoms with Crippen molar-refractivity contribution in [3.63, 3.8) is 0 Å². The minimum absolute atomic E-state index is 0.0544. The van der Waals surface area contributed by atoms with Crippen LogP contribution in [0.3, 0.4) is 0 Å². The van der Waals surface area contributed by atoms with Gasteiger partial charge in [-0.05, 0) is 49.6 Å². The minimum atomic E-state index is -0.196. The molecule has 0 unspecified atom stereocenters. The van der Waals surface area contributed by atoms with Crippen molar-refractivity contribution in [2.45, 2.75) is 19.8 Å². The lowest BCUT2D eigenvalue weighted by atomic mass is 9.97. The highest BCUT2D eigenvalue weighted by Crippen LogP contribution is 2.33. The van der Waals surface area contributed by atoms with Crippen LogP contribution in [0, 0.1) is 12.8 Å². The van der Waals surface area contributed by atoms with Gasteiger partial charge in [0, 0.05) is 31.2 Å². The molecule has 1 saturated heterocycles. The second-order valence-electron chi connectivity index (χ2n) is 7.68. The van der Waals surface area contributed by atoms with E-state index in [0.29, 0.717) is 34.7 Å². The second-order valence-corrected chi connectivity index (χ2v) is 8.08. The van der Waals surface area contributed by atoms with E-state index in [-0.39, 0.29) is 11.8 Å². The molecule has 1 aromatic heterocycles. The molecule has 32 heavy (non-hydrogen) atoms. The number of hydrogen-bond donors (Lipinski definition) is 1. The maximum Gasteiger partial charge on any atom is 0.263 e. The summed E-state index contributed by atoms with van der Waals surface area (Å²) in [6, 6.07) is 13.0. The lowest BCUT2D eigenvalue weighted by molar-refractivity contribution is -0.120. The van der Waals surface area contributed by atoms with Crippen LogP contribution in [-0.2, 0) is 4.79 Å². The first kappa shape index (κ1) is 21.9. The van der Waals surface area contributed by atoms with E-state index in [1.807, 2.05) is 31.2 Å². The van der Waals surface area contributed by atoms with Crippen LogP contribution in [0.4, 0.5) is 11.5 Å². The number of carbonyl (C=O) groups is 1. The number of methoxy groups -OCH3 is 1. The van der Waals surface area contributed by atoms with Gasteiger partial charge in [0.15, 0.2) is 5.82 Å². The lowest BCUT2D eigenvalue weighted by Gasteiger charge is -2.33. The molecule has 0 radical (unpaired) electrons. The van der Waals surface area contributed by atoms with Crippen molar-refractivity contribution in [1.29, 1.82) is 0 Å². The summed E-state index contributed by atoms with van der Waals surface area (Å²) >= 11 is 6.18. The van der Waals surface area contributed by atoms with Gasteiger partial charge in [-0.25, -0.2) is 9.97 Å². The van der Waals surface area contributed by atoms with Crippen LogP contribution < -0.4 is 19.7 Å². The van der Waals surface area contributed by atoms with Crippen LogP contribution >= 0.6 is 11.6 Å². The zero-order chi connectivity index (χ0) is 22.5. The predicted molar refractivity (Wildman–Crippen MR) is 125 cm³/mol. The molecule has 1 amide bonds. The molecule has 0 spiro atoms. The van der Waals surface area contributed by atoms with Gasteiger partial charge >= 0.3 is 0 Å². The Morgan fingerprint density at radius 2 is 1.97 bits per heavy atom. The quantitative estimate of drug-likeness (QED) is 0.561. The van der Waals surface area contributed by atoms with E-state index in [0.717, 1.165) is 30.7 Å². The average Bonchev–Trinajstić information content (AvgIpc) is 2.81. The number of piperidine rings is 1. The van der Waals surface area contributed by atoms with E-state index in [2.05, 4.69) is 20.2 Å². The predicted octanol–water partition coefficient (Wildman–Crippen LogP) is 5.09. The molecule has 1 N–H and O–H groups in total. The van der Waals surface area contributed by atoms with E-state index in [1.54, 1.807) is 37.7 Å². The van der Waals surface area contributed by atoms with Gasteiger partial charge in [-0.3, -0.25) is 4.79 Å². The molecule has 1 aliphatic heterocycles. The van der Waals surface area contributed by atoms with Crippen LogP contribution in [0.1, 0.15) is 18.4 Å². The Hall–Kier alpha value is -3.32. The van der Waals surface area contributed by atoms with Gasteiger partial charge < -0.3 is 19.7 Å². The number of benzene rings is 2. The lowest BCUT2D eigenvalue weighted by Crippen LogP contribution is -2.41. The first-order valence-corrected chi connectivity index (χ1v) is 10.9. The topological polar surface area (TPSA) is 76.6 Å². The van der Waals surface area contributed by atoms with Crippen molar-refractivity contribution in [3.05, 3.63) is 65.4 Å². The Morgan fingerprint density at radius 3 is 2.75 bits per heavy atom. The molecule has 8 heteroatoms. The highest BCUT2D eigenvalue weighted by molar-refractivity contribution is 6.32. The van der Waals surface area contributed by atoms with Crippen LogP contribution in [0.2, 0.25) is 5.02 Å². The Morgan fingerprint density at radius 1 is 1.16 bits per heavy atom. The Kier molecular flexibility index (Phi) is 6.75. The van der Waals surface area contributed by atoms with Gasteiger partial charge in [0.05, 0.1) is 18.1 Å². The molecule has 4 rings (SSSR count). The highest BCUT2D eigenvalue weighted by Gasteiger charge is 2.29. The molecule has 0 bridgehead atoms. The molecule has 7 nitrogen and oxygen atoms in total. The van der Waals surface area contributed by atoms with Crippen LogP contribution in [0.25, 0.3) is 0 Å². The highest BCUT2D eigenvalue weighted by atomic mass is 35.5. The van der Waals surface area contributed by atoms with Gasteiger partial charge in [-0.2, -0.15) is 0 Å². The van der Waals surface area contributed by atoms with E-state index < -0.39 is 0 Å². The van der Waals surface area contributed by atoms with Crippen LogP contribution in [-0.4, -0.2) is 36.1 Å². The summed E-state index contributed by atoms with van der Waals surface area (Å²) in [5.74, 6) is 2.12. The smallest absolute Gasteiger partial charge is 0.263 e. The molecule has 2 heterocycles.